The third kappa shape index (κ3) is 1.76. The maximum absolute atomic E-state index is 8.85. The van der Waals surface area contributed by atoms with Gasteiger partial charge in [-0.2, -0.15) is 5.26 Å². The van der Waals surface area contributed by atoms with Gasteiger partial charge in [-0.3, -0.25) is 0 Å². The Morgan fingerprint density at radius 2 is 2.29 bits per heavy atom. The maximum atomic E-state index is 8.85. The van der Waals surface area contributed by atoms with Gasteiger partial charge < -0.3 is 0 Å². The summed E-state index contributed by atoms with van der Waals surface area (Å²) in [6.07, 6.45) is 7.93. The molecular weight excluding hydrogens is 192 g/mol. The van der Waals surface area contributed by atoms with Crippen LogP contribution >= 0.6 is 12.2 Å². The van der Waals surface area contributed by atoms with E-state index in [4.69, 9.17) is 17.5 Å². The summed E-state index contributed by atoms with van der Waals surface area (Å²) in [5, 5.41) is 8.85. The molecule has 2 nitrogen and oxygen atoms in total. The molecular formula is C11H12N2S. The maximum Gasteiger partial charge on any atom is 0.143 e. The summed E-state index contributed by atoms with van der Waals surface area (Å²) in [5.74, 6) is 0.388. The molecule has 0 aromatic rings. The molecule has 1 heterocycles. The predicted octanol–water partition coefficient (Wildman–Crippen LogP) is 2.80. The number of fused-ring (bicyclic) bond motifs is 1. The highest BCUT2D eigenvalue weighted by molar-refractivity contribution is 7.80. The van der Waals surface area contributed by atoms with Gasteiger partial charge in [0.05, 0.1) is 5.57 Å². The van der Waals surface area contributed by atoms with Crippen LogP contribution in [-0.4, -0.2) is 10.7 Å². The Hall–Kier alpha value is -1.01. The summed E-state index contributed by atoms with van der Waals surface area (Å²) in [6, 6.07) is 2.12. The van der Waals surface area contributed by atoms with Gasteiger partial charge in [0.25, 0.3) is 0 Å². The highest BCUT2D eigenvalue weighted by Gasteiger charge is 2.23. The molecule has 1 fully saturated rings. The van der Waals surface area contributed by atoms with Crippen LogP contribution in [-0.2, 0) is 0 Å². The lowest BCUT2D eigenvalue weighted by molar-refractivity contribution is 0.658. The standard InChI is InChI=1S/C11H12N2S/c12-7-9-6-8-4-2-1-3-5-10(8)13-11(9)14/h6,8H,1-5H2. The molecule has 0 N–H and O–H groups in total. The zero-order chi connectivity index (χ0) is 9.97. The first-order valence-corrected chi connectivity index (χ1v) is 5.46. The Kier molecular flexibility index (Phi) is 2.74. The lowest BCUT2D eigenvalue weighted by Gasteiger charge is -2.17. The van der Waals surface area contributed by atoms with E-state index < -0.39 is 0 Å². The van der Waals surface area contributed by atoms with Crippen molar-refractivity contribution in [3.05, 3.63) is 11.6 Å². The number of hydrogen-bond donors (Lipinski definition) is 0. The van der Waals surface area contributed by atoms with Gasteiger partial charge in [-0.05, 0) is 19.3 Å². The van der Waals surface area contributed by atoms with E-state index in [1.54, 1.807) is 0 Å². The Balaban J connectivity index is 2.28. The first-order chi connectivity index (χ1) is 6.81. The number of rotatable bonds is 0. The number of hydrogen-bond acceptors (Lipinski definition) is 2. The highest BCUT2D eigenvalue weighted by Crippen LogP contribution is 2.26. The van der Waals surface area contributed by atoms with Crippen molar-refractivity contribution in [3.8, 4) is 6.07 Å². The largest absolute Gasteiger partial charge is 0.244 e. The Morgan fingerprint density at radius 3 is 3.07 bits per heavy atom. The van der Waals surface area contributed by atoms with E-state index in [2.05, 4.69) is 11.1 Å². The molecule has 0 radical (unpaired) electrons. The molecule has 0 aromatic carbocycles. The SMILES string of the molecule is N#CC1=CC2CCCCCC2=NC1=S. The predicted molar refractivity (Wildman–Crippen MR) is 60.3 cm³/mol. The van der Waals surface area contributed by atoms with Crippen LogP contribution in [0, 0.1) is 17.2 Å². The second-order valence-electron chi connectivity index (χ2n) is 3.81. The molecule has 14 heavy (non-hydrogen) atoms. The van der Waals surface area contributed by atoms with Crippen LogP contribution in [0.2, 0.25) is 0 Å². The Labute approximate surface area is 89.3 Å². The van der Waals surface area contributed by atoms with E-state index in [0.717, 1.165) is 12.8 Å². The minimum Gasteiger partial charge on any atom is -0.244 e. The van der Waals surface area contributed by atoms with Gasteiger partial charge in [0.15, 0.2) is 0 Å². The van der Waals surface area contributed by atoms with Crippen LogP contribution in [0.15, 0.2) is 16.6 Å². The van der Waals surface area contributed by atoms with Crippen molar-refractivity contribution < 1.29 is 0 Å². The van der Waals surface area contributed by atoms with Crippen molar-refractivity contribution in [3.63, 3.8) is 0 Å². The van der Waals surface area contributed by atoms with Crippen LogP contribution in [0.4, 0.5) is 0 Å². The van der Waals surface area contributed by atoms with Crippen LogP contribution < -0.4 is 0 Å². The second-order valence-corrected chi connectivity index (χ2v) is 4.19. The fourth-order valence-electron chi connectivity index (χ4n) is 2.07. The van der Waals surface area contributed by atoms with Crippen LogP contribution in [0.3, 0.4) is 0 Å². The molecule has 0 bridgehead atoms. The van der Waals surface area contributed by atoms with E-state index >= 15 is 0 Å². The van der Waals surface area contributed by atoms with Gasteiger partial charge in [-0.25, -0.2) is 4.99 Å². The topological polar surface area (TPSA) is 36.1 Å². The van der Waals surface area contributed by atoms with Gasteiger partial charge in [0, 0.05) is 11.6 Å². The summed E-state index contributed by atoms with van der Waals surface area (Å²) in [7, 11) is 0. The summed E-state index contributed by atoms with van der Waals surface area (Å²) in [5.41, 5.74) is 1.79. The van der Waals surface area contributed by atoms with Crippen LogP contribution in [0.25, 0.3) is 0 Å². The average Bonchev–Trinajstić information content (AvgIpc) is 2.41. The number of thiocarbonyl (C=S) groups is 1. The van der Waals surface area contributed by atoms with Gasteiger partial charge in [-0.1, -0.05) is 31.1 Å². The van der Waals surface area contributed by atoms with Gasteiger partial charge in [0.1, 0.15) is 11.1 Å². The van der Waals surface area contributed by atoms with Gasteiger partial charge in [-0.15, -0.1) is 0 Å². The fourth-order valence-corrected chi connectivity index (χ4v) is 2.30. The molecule has 0 aromatic heterocycles. The van der Waals surface area contributed by atoms with Crippen LogP contribution in [0.5, 0.6) is 0 Å². The fraction of sp³-hybridized carbons (Fsp3) is 0.545. The van der Waals surface area contributed by atoms with E-state index in [1.807, 2.05) is 6.08 Å². The number of dihydropyridines is 1. The Morgan fingerprint density at radius 1 is 1.43 bits per heavy atom. The second kappa shape index (κ2) is 4.02. The van der Waals surface area contributed by atoms with Crippen molar-refractivity contribution >= 4 is 22.9 Å². The van der Waals surface area contributed by atoms with Crippen molar-refractivity contribution in [1.29, 1.82) is 5.26 Å². The number of allylic oxidation sites excluding steroid dienone is 1. The van der Waals surface area contributed by atoms with E-state index in [-0.39, 0.29) is 0 Å². The molecule has 1 saturated carbocycles. The molecule has 0 saturated heterocycles. The number of aliphatic imine (C=N–C) groups is 1. The summed E-state index contributed by atoms with van der Waals surface area (Å²) in [4.78, 5) is 4.86. The smallest absolute Gasteiger partial charge is 0.143 e. The highest BCUT2D eigenvalue weighted by atomic mass is 32.1. The first kappa shape index (κ1) is 9.54. The third-order valence-corrected chi connectivity index (χ3v) is 3.15. The molecule has 72 valence electrons. The zero-order valence-corrected chi connectivity index (χ0v) is 8.81. The minimum absolute atomic E-state index is 0.388. The third-order valence-electron chi connectivity index (χ3n) is 2.84. The molecule has 2 aliphatic rings. The van der Waals surface area contributed by atoms with Crippen molar-refractivity contribution in [2.24, 2.45) is 10.9 Å². The van der Waals surface area contributed by atoms with Crippen molar-refractivity contribution in [2.75, 3.05) is 0 Å². The summed E-state index contributed by atoms with van der Waals surface area (Å²) in [6.45, 7) is 0. The molecule has 0 spiro atoms. The molecule has 1 unspecified atom stereocenters. The van der Waals surface area contributed by atoms with Crippen molar-refractivity contribution in [1.82, 2.24) is 0 Å². The molecule has 1 atom stereocenters. The molecule has 2 rings (SSSR count). The molecule has 3 heteroatoms. The number of nitriles is 1. The quantitative estimate of drug-likeness (QED) is 0.569. The van der Waals surface area contributed by atoms with Gasteiger partial charge >= 0.3 is 0 Å². The molecule has 0 amide bonds. The molecule has 1 aliphatic carbocycles. The van der Waals surface area contributed by atoms with Gasteiger partial charge in [0.2, 0.25) is 0 Å². The van der Waals surface area contributed by atoms with E-state index in [1.165, 1.54) is 25.0 Å². The summed E-state index contributed by atoms with van der Waals surface area (Å²) >= 11 is 5.06. The van der Waals surface area contributed by atoms with E-state index in [9.17, 15) is 0 Å². The normalized spacial score (nSPS) is 26.8. The lowest BCUT2D eigenvalue weighted by atomic mass is 9.93. The monoisotopic (exact) mass is 204 g/mol. The molecule has 1 aliphatic heterocycles. The summed E-state index contributed by atoms with van der Waals surface area (Å²) < 4.78 is 0. The zero-order valence-electron chi connectivity index (χ0n) is 7.99. The first-order valence-electron chi connectivity index (χ1n) is 5.05. The number of nitrogens with zero attached hydrogens (tertiary/aromatic N) is 2. The average molecular weight is 204 g/mol. The lowest BCUT2D eigenvalue weighted by Crippen LogP contribution is -2.18. The Bertz CT molecular complexity index is 360. The van der Waals surface area contributed by atoms with Crippen LogP contribution in [0.1, 0.15) is 32.1 Å². The minimum atomic E-state index is 0.388. The van der Waals surface area contributed by atoms with Crippen molar-refractivity contribution in [2.45, 2.75) is 32.1 Å². The van der Waals surface area contributed by atoms with E-state index in [0.29, 0.717) is 16.5 Å².